The van der Waals surface area contributed by atoms with Gasteiger partial charge in [-0.05, 0) is 75.8 Å². The fourth-order valence-corrected chi connectivity index (χ4v) is 7.75. The average molecular weight is 682 g/mol. The number of benzene rings is 1. The van der Waals surface area contributed by atoms with Crippen molar-refractivity contribution in [3.8, 4) is 11.5 Å². The lowest BCUT2D eigenvalue weighted by atomic mass is 10.0. The Bertz CT molecular complexity index is 1990. The smallest absolute Gasteiger partial charge is 0.265 e. The van der Waals surface area contributed by atoms with Crippen LogP contribution in [-0.2, 0) is 16.1 Å². The summed E-state index contributed by atoms with van der Waals surface area (Å²) in [5, 5.41) is 3.42. The van der Waals surface area contributed by atoms with Crippen molar-refractivity contribution in [3.63, 3.8) is 0 Å². The Morgan fingerprint density at radius 3 is 2.63 bits per heavy atom. The molecule has 2 aliphatic carbocycles. The number of fused-ring (bicyclic) bond motifs is 3. The molecule has 1 aromatic carbocycles. The van der Waals surface area contributed by atoms with Crippen molar-refractivity contribution >= 4 is 33.9 Å². The third-order valence-corrected chi connectivity index (χ3v) is 10.7. The molecular weight excluding hydrogens is 642 g/mol. The molecule has 10 nitrogen and oxygen atoms in total. The van der Waals surface area contributed by atoms with Gasteiger partial charge in [-0.2, -0.15) is 0 Å². The molecule has 0 unspecified atom stereocenters. The summed E-state index contributed by atoms with van der Waals surface area (Å²) in [6.07, 6.45) is 1.13. The number of halogens is 4. The number of carbonyl (C=O) groups is 2. The van der Waals surface area contributed by atoms with Crippen molar-refractivity contribution in [1.82, 2.24) is 29.3 Å². The maximum absolute atomic E-state index is 16.1. The monoisotopic (exact) mass is 681 g/mol. The number of aromatic nitrogens is 4. The molecule has 0 spiro atoms. The number of amides is 2. The maximum atomic E-state index is 16.1. The minimum absolute atomic E-state index is 0.0227. The molecule has 8 rings (SSSR count). The first-order valence-corrected chi connectivity index (χ1v) is 17.0. The largest absolute Gasteiger partial charge is 0.380 e. The summed E-state index contributed by atoms with van der Waals surface area (Å²) in [4.78, 5) is 37.5. The number of hydrogen-bond acceptors (Lipinski definition) is 6. The highest BCUT2D eigenvalue weighted by Gasteiger charge is 2.59. The van der Waals surface area contributed by atoms with E-state index in [0.717, 1.165) is 12.8 Å². The lowest BCUT2D eigenvalue weighted by Gasteiger charge is -2.35. The van der Waals surface area contributed by atoms with E-state index in [2.05, 4.69) is 5.32 Å². The number of hydrogen-bond donors (Lipinski definition) is 2. The van der Waals surface area contributed by atoms with Gasteiger partial charge in [0.05, 0.1) is 41.5 Å². The van der Waals surface area contributed by atoms with Crippen LogP contribution >= 0.6 is 0 Å². The van der Waals surface area contributed by atoms with Gasteiger partial charge in [-0.25, -0.2) is 27.5 Å². The average Bonchev–Trinajstić information content (AvgIpc) is 3.95. The standard InChI is InChI=1S/C35H39F4N7O3/c1-18-25-7-4-19-14-27(45(30(19)42-25)17-35(38,39)10-3-9-34(37)15-22(34)32(47)41-18)31-43-26-13-20(12-23(36)29(26)46(31)21-5-6-21)33(48)44-11-8-28(49-2)24(40)16-44/h4,7,12-14,18,21-22,24,28H,3,5-6,8-11,15-17,40H2,1-2H3,(H,41,47)/t18-,22+,24+,28-,34+/m1/s1. The van der Waals surface area contributed by atoms with Crippen molar-refractivity contribution in [2.45, 2.75) is 94.2 Å². The molecule has 5 atom stereocenters. The molecule has 14 heteroatoms. The van der Waals surface area contributed by atoms with Crippen molar-refractivity contribution < 1.29 is 31.9 Å². The van der Waals surface area contributed by atoms with Crippen LogP contribution in [0, 0.1) is 11.7 Å². The zero-order valence-corrected chi connectivity index (χ0v) is 27.4. The van der Waals surface area contributed by atoms with Gasteiger partial charge in [0.1, 0.15) is 22.6 Å². The summed E-state index contributed by atoms with van der Waals surface area (Å²) in [5.41, 5.74) is 6.05. The van der Waals surface area contributed by atoms with Gasteiger partial charge in [-0.1, -0.05) is 0 Å². The molecule has 3 fully saturated rings. The highest BCUT2D eigenvalue weighted by molar-refractivity contribution is 5.98. The molecule has 3 aromatic heterocycles. The van der Waals surface area contributed by atoms with Crippen molar-refractivity contribution in [1.29, 1.82) is 0 Å². The molecule has 2 bridgehead atoms. The van der Waals surface area contributed by atoms with E-state index in [1.807, 2.05) is 0 Å². The molecule has 2 amide bonds. The first kappa shape index (κ1) is 32.2. The molecule has 4 aromatic rings. The van der Waals surface area contributed by atoms with Gasteiger partial charge in [-0.15, -0.1) is 0 Å². The van der Waals surface area contributed by atoms with Crippen LogP contribution in [0.15, 0.2) is 30.3 Å². The van der Waals surface area contributed by atoms with E-state index < -0.39 is 48.2 Å². The fourth-order valence-electron chi connectivity index (χ4n) is 7.75. The Morgan fingerprint density at radius 2 is 1.90 bits per heavy atom. The molecule has 2 aliphatic heterocycles. The van der Waals surface area contributed by atoms with E-state index in [0.29, 0.717) is 35.6 Å². The Balaban J connectivity index is 1.23. The number of ether oxygens (including phenoxy) is 1. The van der Waals surface area contributed by atoms with E-state index in [4.69, 9.17) is 20.4 Å². The summed E-state index contributed by atoms with van der Waals surface area (Å²) < 4.78 is 71.5. The van der Waals surface area contributed by atoms with Gasteiger partial charge in [0.2, 0.25) is 5.91 Å². The second-order valence-electron chi connectivity index (χ2n) is 14.3. The highest BCUT2D eigenvalue weighted by Crippen LogP contribution is 2.52. The summed E-state index contributed by atoms with van der Waals surface area (Å²) in [7, 11) is 1.58. The second-order valence-corrected chi connectivity index (χ2v) is 14.3. The molecule has 49 heavy (non-hydrogen) atoms. The Labute approximate surface area is 280 Å². The van der Waals surface area contributed by atoms with E-state index in [-0.39, 0.29) is 72.1 Å². The quantitative estimate of drug-likeness (QED) is 0.277. The van der Waals surface area contributed by atoms with Crippen LogP contribution in [0.1, 0.15) is 80.0 Å². The number of rotatable bonds is 4. The summed E-state index contributed by atoms with van der Waals surface area (Å²) in [6, 6.07) is 6.88. The number of likely N-dealkylation sites (tertiary alicyclic amines) is 1. The number of pyridine rings is 1. The molecule has 2 saturated carbocycles. The van der Waals surface area contributed by atoms with Crippen LogP contribution < -0.4 is 11.1 Å². The van der Waals surface area contributed by atoms with Crippen LogP contribution in [0.4, 0.5) is 17.6 Å². The Morgan fingerprint density at radius 1 is 1.10 bits per heavy atom. The number of piperidine rings is 1. The van der Waals surface area contributed by atoms with Crippen LogP contribution in [0.25, 0.3) is 33.6 Å². The Hall–Kier alpha value is -4.04. The number of nitrogens with zero attached hydrogens (tertiary/aromatic N) is 5. The first-order chi connectivity index (χ1) is 23.4. The summed E-state index contributed by atoms with van der Waals surface area (Å²) in [5.74, 6) is -5.25. The molecule has 0 radical (unpaired) electrons. The predicted octanol–water partition coefficient (Wildman–Crippen LogP) is 5.44. The number of nitrogens with one attached hydrogen (secondary N) is 1. The topological polar surface area (TPSA) is 120 Å². The predicted molar refractivity (Wildman–Crippen MR) is 173 cm³/mol. The molecule has 1 saturated heterocycles. The lowest BCUT2D eigenvalue weighted by molar-refractivity contribution is -0.124. The Kier molecular flexibility index (Phi) is 7.56. The normalized spacial score (nSPS) is 28.8. The first-order valence-electron chi connectivity index (χ1n) is 17.0. The number of alkyl halides is 3. The summed E-state index contributed by atoms with van der Waals surface area (Å²) in [6.45, 7) is 1.65. The third-order valence-electron chi connectivity index (χ3n) is 10.7. The van der Waals surface area contributed by atoms with Crippen molar-refractivity contribution in [2.75, 3.05) is 20.2 Å². The van der Waals surface area contributed by atoms with Crippen LogP contribution in [0.5, 0.6) is 0 Å². The van der Waals surface area contributed by atoms with Gasteiger partial charge in [-0.3, -0.25) is 9.59 Å². The SMILES string of the molecule is CO[C@@H]1CCN(C(=O)c2cc(F)c3c(c2)nc(-c2cc4ccc5nc4n2CC(F)(F)CCC[C@]2(F)C[C@H]2C(=O)N[C@@H]5C)n3C2CC2)C[C@@H]1N. The highest BCUT2D eigenvalue weighted by atomic mass is 19.3. The van der Waals surface area contributed by atoms with E-state index in [1.165, 1.54) is 10.6 Å². The van der Waals surface area contributed by atoms with E-state index in [9.17, 15) is 9.59 Å². The second kappa shape index (κ2) is 11.5. The number of carbonyl (C=O) groups excluding carboxylic acids is 2. The zero-order valence-electron chi connectivity index (χ0n) is 27.4. The van der Waals surface area contributed by atoms with E-state index in [1.54, 1.807) is 47.8 Å². The minimum Gasteiger partial charge on any atom is -0.380 e. The number of imidazole rings is 1. The maximum Gasteiger partial charge on any atom is 0.265 e. The molecule has 3 N–H and O–H groups in total. The lowest BCUT2D eigenvalue weighted by Crippen LogP contribution is -2.53. The van der Waals surface area contributed by atoms with Gasteiger partial charge in [0.15, 0.2) is 5.82 Å². The van der Waals surface area contributed by atoms with Crippen LogP contribution in [0.2, 0.25) is 0 Å². The zero-order chi connectivity index (χ0) is 34.4. The number of nitrogens with two attached hydrogens (primary N) is 1. The van der Waals surface area contributed by atoms with Gasteiger partial charge in [0.25, 0.3) is 11.8 Å². The van der Waals surface area contributed by atoms with Gasteiger partial charge in [0, 0.05) is 49.7 Å². The van der Waals surface area contributed by atoms with Crippen LogP contribution in [0.3, 0.4) is 0 Å². The fraction of sp³-hybridized carbons (Fsp3) is 0.543. The van der Waals surface area contributed by atoms with Crippen molar-refractivity contribution in [2.24, 2.45) is 11.7 Å². The van der Waals surface area contributed by atoms with E-state index >= 15 is 17.6 Å². The van der Waals surface area contributed by atoms with Crippen molar-refractivity contribution in [3.05, 3.63) is 47.4 Å². The minimum atomic E-state index is -3.24. The van der Waals surface area contributed by atoms with Gasteiger partial charge < -0.3 is 29.8 Å². The number of methoxy groups -OCH3 is 1. The molecule has 4 aliphatic rings. The molecule has 260 valence electrons. The summed E-state index contributed by atoms with van der Waals surface area (Å²) >= 11 is 0. The molecule has 5 heterocycles. The van der Waals surface area contributed by atoms with Gasteiger partial charge >= 0.3 is 0 Å². The van der Waals surface area contributed by atoms with Crippen LogP contribution in [-0.4, -0.2) is 79.8 Å². The molecular formula is C35H39F4N7O3. The third kappa shape index (κ3) is 5.66.